The Hall–Kier alpha value is -1.40. The van der Waals surface area contributed by atoms with E-state index in [1.165, 1.54) is 18.2 Å². The zero-order valence-electron chi connectivity index (χ0n) is 11.0. The molecule has 19 heavy (non-hydrogen) atoms. The molecule has 5 nitrogen and oxygen atoms in total. The molecule has 1 unspecified atom stereocenters. The monoisotopic (exact) mass is 282 g/mol. The number of rotatable bonds is 4. The highest BCUT2D eigenvalue weighted by atomic mass is 32.2. The summed E-state index contributed by atoms with van der Waals surface area (Å²) in [6.07, 6.45) is 2.32. The highest BCUT2D eigenvalue weighted by molar-refractivity contribution is 7.89. The lowest BCUT2D eigenvalue weighted by molar-refractivity contribution is 0.0935. The van der Waals surface area contributed by atoms with Crippen LogP contribution in [0.3, 0.4) is 0 Å². The van der Waals surface area contributed by atoms with Gasteiger partial charge in [0.2, 0.25) is 10.0 Å². The van der Waals surface area contributed by atoms with Gasteiger partial charge in [0, 0.05) is 11.6 Å². The van der Waals surface area contributed by atoms with E-state index < -0.39 is 10.0 Å². The van der Waals surface area contributed by atoms with Crippen LogP contribution in [0.2, 0.25) is 0 Å². The molecule has 0 bridgehead atoms. The molecule has 104 valence electrons. The van der Waals surface area contributed by atoms with Gasteiger partial charge in [0.05, 0.1) is 4.90 Å². The molecule has 1 atom stereocenters. The van der Waals surface area contributed by atoms with E-state index in [9.17, 15) is 13.2 Å². The van der Waals surface area contributed by atoms with Crippen molar-refractivity contribution >= 4 is 15.9 Å². The number of benzene rings is 1. The fraction of sp³-hybridized carbons (Fsp3) is 0.462. The summed E-state index contributed by atoms with van der Waals surface area (Å²) in [7, 11) is -3.73. The van der Waals surface area contributed by atoms with Gasteiger partial charge in [-0.25, -0.2) is 13.6 Å². The van der Waals surface area contributed by atoms with E-state index in [2.05, 4.69) is 5.32 Å². The molecule has 1 aliphatic rings. The number of hydrogen-bond acceptors (Lipinski definition) is 3. The number of aryl methyl sites for hydroxylation is 1. The van der Waals surface area contributed by atoms with Crippen LogP contribution in [0.5, 0.6) is 0 Å². The van der Waals surface area contributed by atoms with Gasteiger partial charge >= 0.3 is 0 Å². The summed E-state index contributed by atoms with van der Waals surface area (Å²) < 4.78 is 22.4. The van der Waals surface area contributed by atoms with Crippen molar-refractivity contribution in [2.24, 2.45) is 11.1 Å². The second-order valence-corrected chi connectivity index (χ2v) is 6.68. The van der Waals surface area contributed by atoms with Gasteiger partial charge in [-0.3, -0.25) is 4.79 Å². The average molecular weight is 282 g/mol. The van der Waals surface area contributed by atoms with E-state index in [-0.39, 0.29) is 16.8 Å². The van der Waals surface area contributed by atoms with Crippen molar-refractivity contribution in [2.45, 2.75) is 37.6 Å². The molecule has 6 heteroatoms. The molecule has 0 heterocycles. The molecule has 0 spiro atoms. The molecule has 2 rings (SSSR count). The predicted molar refractivity (Wildman–Crippen MR) is 72.2 cm³/mol. The van der Waals surface area contributed by atoms with Gasteiger partial charge in [0.25, 0.3) is 5.91 Å². The number of hydrogen-bond donors (Lipinski definition) is 2. The zero-order valence-corrected chi connectivity index (χ0v) is 11.8. The van der Waals surface area contributed by atoms with Crippen LogP contribution in [0.25, 0.3) is 0 Å². The maximum Gasteiger partial charge on any atom is 0.251 e. The van der Waals surface area contributed by atoms with E-state index in [1.54, 1.807) is 6.92 Å². The second kappa shape index (κ2) is 4.94. The third-order valence-corrected chi connectivity index (χ3v) is 4.37. The van der Waals surface area contributed by atoms with E-state index in [0.717, 1.165) is 12.8 Å². The maximum atomic E-state index is 12.1. The first-order chi connectivity index (χ1) is 8.79. The molecule has 1 aliphatic carbocycles. The van der Waals surface area contributed by atoms with Crippen molar-refractivity contribution in [1.82, 2.24) is 5.32 Å². The molecular weight excluding hydrogens is 264 g/mol. The molecule has 0 aliphatic heterocycles. The number of amides is 1. The fourth-order valence-corrected chi connectivity index (χ4v) is 2.67. The summed E-state index contributed by atoms with van der Waals surface area (Å²) in [6.45, 7) is 3.69. The van der Waals surface area contributed by atoms with E-state index in [4.69, 9.17) is 5.14 Å². The van der Waals surface area contributed by atoms with Gasteiger partial charge < -0.3 is 5.32 Å². The third kappa shape index (κ3) is 3.33. The standard InChI is InChI=1S/C13H18N2O3S/c1-8-7-11(19(14,17)18)5-6-12(8)13(16)15-9(2)10-3-4-10/h5-7,9-10H,3-4H2,1-2H3,(H,15,16)(H2,14,17,18). The summed E-state index contributed by atoms with van der Waals surface area (Å²) in [4.78, 5) is 12.1. The fourth-order valence-electron chi connectivity index (χ4n) is 2.07. The van der Waals surface area contributed by atoms with Gasteiger partial charge in [0.1, 0.15) is 0 Å². The third-order valence-electron chi connectivity index (χ3n) is 3.46. The smallest absolute Gasteiger partial charge is 0.251 e. The predicted octanol–water partition coefficient (Wildman–Crippen LogP) is 1.17. The largest absolute Gasteiger partial charge is 0.349 e. The molecule has 1 saturated carbocycles. The first-order valence-electron chi connectivity index (χ1n) is 6.23. The topological polar surface area (TPSA) is 89.3 Å². The SMILES string of the molecule is Cc1cc(S(N)(=O)=O)ccc1C(=O)NC(C)C1CC1. The highest BCUT2D eigenvalue weighted by Gasteiger charge is 2.29. The number of nitrogens with one attached hydrogen (secondary N) is 1. The zero-order chi connectivity index (χ0) is 14.2. The minimum Gasteiger partial charge on any atom is -0.349 e. The Bertz CT molecular complexity index is 606. The number of sulfonamides is 1. The van der Waals surface area contributed by atoms with Crippen molar-refractivity contribution in [3.05, 3.63) is 29.3 Å². The lowest BCUT2D eigenvalue weighted by Gasteiger charge is -2.14. The molecule has 3 N–H and O–H groups in total. The van der Waals surface area contributed by atoms with Crippen LogP contribution < -0.4 is 10.5 Å². The van der Waals surface area contributed by atoms with Gasteiger partial charge in [-0.2, -0.15) is 0 Å². The van der Waals surface area contributed by atoms with Crippen molar-refractivity contribution in [3.63, 3.8) is 0 Å². The lowest BCUT2D eigenvalue weighted by atomic mass is 10.1. The average Bonchev–Trinajstić information content (AvgIpc) is 3.10. The second-order valence-electron chi connectivity index (χ2n) is 5.12. The van der Waals surface area contributed by atoms with Crippen LogP contribution in [-0.2, 0) is 10.0 Å². The summed E-state index contributed by atoms with van der Waals surface area (Å²) >= 11 is 0. The number of nitrogens with two attached hydrogens (primary N) is 1. The number of carbonyl (C=O) groups excluding carboxylic acids is 1. The van der Waals surface area contributed by atoms with Crippen LogP contribution in [0.15, 0.2) is 23.1 Å². The van der Waals surface area contributed by atoms with E-state index in [1.807, 2.05) is 6.92 Å². The summed E-state index contributed by atoms with van der Waals surface area (Å²) in [5, 5.41) is 7.99. The van der Waals surface area contributed by atoms with Gasteiger partial charge in [0.15, 0.2) is 0 Å². The Balaban J connectivity index is 2.18. The molecule has 1 fully saturated rings. The van der Waals surface area contributed by atoms with Crippen molar-refractivity contribution in [1.29, 1.82) is 0 Å². The minimum atomic E-state index is -3.73. The Morgan fingerprint density at radius 3 is 2.53 bits per heavy atom. The number of primary sulfonamides is 1. The molecule has 0 saturated heterocycles. The lowest BCUT2D eigenvalue weighted by Crippen LogP contribution is -2.34. The van der Waals surface area contributed by atoms with Crippen molar-refractivity contribution in [2.75, 3.05) is 0 Å². The number of carbonyl (C=O) groups is 1. The first-order valence-corrected chi connectivity index (χ1v) is 7.78. The summed E-state index contributed by atoms with van der Waals surface area (Å²) in [5.74, 6) is 0.408. The van der Waals surface area contributed by atoms with Crippen LogP contribution in [0.1, 0.15) is 35.7 Å². The summed E-state index contributed by atoms with van der Waals surface area (Å²) in [6, 6.07) is 4.44. The molecule has 1 aromatic rings. The normalized spacial score (nSPS) is 17.0. The Morgan fingerprint density at radius 1 is 1.42 bits per heavy atom. The highest BCUT2D eigenvalue weighted by Crippen LogP contribution is 2.32. The Morgan fingerprint density at radius 2 is 2.05 bits per heavy atom. The van der Waals surface area contributed by atoms with Crippen LogP contribution in [0.4, 0.5) is 0 Å². The summed E-state index contributed by atoms with van der Waals surface area (Å²) in [5.41, 5.74) is 1.09. The molecule has 0 radical (unpaired) electrons. The van der Waals surface area contributed by atoms with E-state index in [0.29, 0.717) is 17.0 Å². The molecular formula is C13H18N2O3S. The molecule has 0 aromatic heterocycles. The quantitative estimate of drug-likeness (QED) is 0.868. The van der Waals surface area contributed by atoms with Crippen molar-refractivity contribution < 1.29 is 13.2 Å². The maximum absolute atomic E-state index is 12.1. The molecule has 1 amide bonds. The van der Waals surface area contributed by atoms with E-state index >= 15 is 0 Å². The Labute approximate surface area is 113 Å². The van der Waals surface area contributed by atoms with Crippen LogP contribution in [-0.4, -0.2) is 20.4 Å². The van der Waals surface area contributed by atoms with Gasteiger partial charge in [-0.1, -0.05) is 0 Å². The van der Waals surface area contributed by atoms with Gasteiger partial charge in [-0.15, -0.1) is 0 Å². The Kier molecular flexibility index (Phi) is 3.64. The van der Waals surface area contributed by atoms with Crippen molar-refractivity contribution in [3.8, 4) is 0 Å². The van der Waals surface area contributed by atoms with Crippen LogP contribution in [0, 0.1) is 12.8 Å². The molecule has 1 aromatic carbocycles. The van der Waals surface area contributed by atoms with Crippen LogP contribution >= 0.6 is 0 Å². The van der Waals surface area contributed by atoms with Gasteiger partial charge in [-0.05, 0) is 56.4 Å². The minimum absolute atomic E-state index is 0.0248. The first kappa shape index (κ1) is 14.0.